The summed E-state index contributed by atoms with van der Waals surface area (Å²) in [4.78, 5) is 16.1. The molecule has 2 heterocycles. The van der Waals surface area contributed by atoms with Gasteiger partial charge < -0.3 is 15.1 Å². The molecule has 1 saturated heterocycles. The number of amides is 1. The lowest BCUT2D eigenvalue weighted by Gasteiger charge is -2.38. The quantitative estimate of drug-likeness (QED) is 0.816. The molecule has 1 aromatic rings. The molecular weight excluding hydrogens is 218 g/mol. The van der Waals surface area contributed by atoms with Gasteiger partial charge in [-0.3, -0.25) is 9.69 Å². The standard InChI is InChI=1S/C12H19N3O2/c1-10-12(16)15(7-6-14(10)5-4-13)9-11-3-2-8-17-11/h2-3,8,10H,4-7,9,13H2,1H3. The van der Waals surface area contributed by atoms with Gasteiger partial charge in [-0.25, -0.2) is 0 Å². The summed E-state index contributed by atoms with van der Waals surface area (Å²) in [6.45, 7) is 5.49. The number of hydrogen-bond acceptors (Lipinski definition) is 4. The van der Waals surface area contributed by atoms with Crippen LogP contribution in [-0.2, 0) is 11.3 Å². The van der Waals surface area contributed by atoms with Gasteiger partial charge in [0.25, 0.3) is 0 Å². The topological polar surface area (TPSA) is 62.7 Å². The van der Waals surface area contributed by atoms with Crippen LogP contribution in [0.1, 0.15) is 12.7 Å². The molecule has 2 rings (SSSR count). The van der Waals surface area contributed by atoms with E-state index in [1.54, 1.807) is 6.26 Å². The highest BCUT2D eigenvalue weighted by molar-refractivity contribution is 5.82. The van der Waals surface area contributed by atoms with E-state index in [4.69, 9.17) is 10.2 Å². The van der Waals surface area contributed by atoms with Crippen LogP contribution in [0.25, 0.3) is 0 Å². The van der Waals surface area contributed by atoms with E-state index in [9.17, 15) is 4.79 Å². The Morgan fingerprint density at radius 2 is 2.35 bits per heavy atom. The van der Waals surface area contributed by atoms with Crippen molar-refractivity contribution in [1.29, 1.82) is 0 Å². The zero-order chi connectivity index (χ0) is 12.3. The molecule has 1 aliphatic heterocycles. The first-order valence-electron chi connectivity index (χ1n) is 5.97. The van der Waals surface area contributed by atoms with Gasteiger partial charge in [0.1, 0.15) is 5.76 Å². The average molecular weight is 237 g/mol. The highest BCUT2D eigenvalue weighted by atomic mass is 16.3. The normalized spacial score (nSPS) is 22.1. The van der Waals surface area contributed by atoms with Crippen LogP contribution in [0.3, 0.4) is 0 Å². The molecule has 1 aliphatic rings. The molecule has 17 heavy (non-hydrogen) atoms. The molecule has 1 atom stereocenters. The average Bonchev–Trinajstić information content (AvgIpc) is 2.82. The van der Waals surface area contributed by atoms with E-state index < -0.39 is 0 Å². The van der Waals surface area contributed by atoms with Gasteiger partial charge in [-0.05, 0) is 19.1 Å². The third-order valence-corrected chi connectivity index (χ3v) is 3.22. The van der Waals surface area contributed by atoms with Crippen LogP contribution in [0, 0.1) is 0 Å². The lowest BCUT2D eigenvalue weighted by Crippen LogP contribution is -2.56. The molecule has 1 amide bonds. The minimum Gasteiger partial charge on any atom is -0.467 e. The Hall–Kier alpha value is -1.33. The molecule has 0 radical (unpaired) electrons. The summed E-state index contributed by atoms with van der Waals surface area (Å²) in [6, 6.07) is 3.65. The number of furan rings is 1. The van der Waals surface area contributed by atoms with Gasteiger partial charge in [0.05, 0.1) is 18.8 Å². The van der Waals surface area contributed by atoms with Crippen molar-refractivity contribution in [2.75, 3.05) is 26.2 Å². The number of nitrogens with zero attached hydrogens (tertiary/aromatic N) is 2. The van der Waals surface area contributed by atoms with Crippen LogP contribution in [0.4, 0.5) is 0 Å². The minimum atomic E-state index is -0.0812. The summed E-state index contributed by atoms with van der Waals surface area (Å²) >= 11 is 0. The van der Waals surface area contributed by atoms with Crippen LogP contribution >= 0.6 is 0 Å². The van der Waals surface area contributed by atoms with E-state index in [1.807, 2.05) is 24.0 Å². The maximum atomic E-state index is 12.1. The van der Waals surface area contributed by atoms with Gasteiger partial charge in [0.15, 0.2) is 0 Å². The van der Waals surface area contributed by atoms with Gasteiger partial charge in [-0.2, -0.15) is 0 Å². The Kier molecular flexibility index (Phi) is 3.81. The van der Waals surface area contributed by atoms with E-state index in [2.05, 4.69) is 4.90 Å². The Morgan fingerprint density at radius 1 is 1.53 bits per heavy atom. The highest BCUT2D eigenvalue weighted by Gasteiger charge is 2.30. The molecule has 0 aromatic carbocycles. The maximum Gasteiger partial charge on any atom is 0.240 e. The number of piperazine rings is 1. The molecule has 1 fully saturated rings. The second-order valence-corrected chi connectivity index (χ2v) is 4.34. The maximum absolute atomic E-state index is 12.1. The Balaban J connectivity index is 1.96. The fourth-order valence-corrected chi connectivity index (χ4v) is 2.19. The predicted molar refractivity (Wildman–Crippen MR) is 64.2 cm³/mol. The zero-order valence-electron chi connectivity index (χ0n) is 10.1. The SMILES string of the molecule is CC1C(=O)N(Cc2ccco2)CCN1CCN. The summed E-state index contributed by atoms with van der Waals surface area (Å²) in [6.07, 6.45) is 1.63. The largest absolute Gasteiger partial charge is 0.467 e. The van der Waals surface area contributed by atoms with Gasteiger partial charge in [0, 0.05) is 26.2 Å². The number of hydrogen-bond donors (Lipinski definition) is 1. The number of rotatable bonds is 4. The molecule has 1 aromatic heterocycles. The van der Waals surface area contributed by atoms with Gasteiger partial charge in [0.2, 0.25) is 5.91 Å². The molecule has 5 nitrogen and oxygen atoms in total. The molecule has 5 heteroatoms. The third kappa shape index (κ3) is 2.68. The van der Waals surface area contributed by atoms with Crippen molar-refractivity contribution in [2.45, 2.75) is 19.5 Å². The summed E-state index contributed by atoms with van der Waals surface area (Å²) < 4.78 is 5.27. The Bertz CT molecular complexity index is 364. The van der Waals surface area contributed by atoms with E-state index in [0.717, 1.165) is 25.4 Å². The molecule has 0 bridgehead atoms. The van der Waals surface area contributed by atoms with Crippen LogP contribution in [0.2, 0.25) is 0 Å². The molecule has 0 spiro atoms. The monoisotopic (exact) mass is 237 g/mol. The van der Waals surface area contributed by atoms with E-state index in [1.165, 1.54) is 0 Å². The molecule has 94 valence electrons. The van der Waals surface area contributed by atoms with Gasteiger partial charge in [-0.15, -0.1) is 0 Å². The lowest BCUT2D eigenvalue weighted by atomic mass is 10.1. The van der Waals surface area contributed by atoms with Gasteiger partial charge >= 0.3 is 0 Å². The van der Waals surface area contributed by atoms with Crippen molar-refractivity contribution in [1.82, 2.24) is 9.80 Å². The Labute approximate surface area is 101 Å². The number of carbonyl (C=O) groups is 1. The van der Waals surface area contributed by atoms with E-state index in [-0.39, 0.29) is 11.9 Å². The summed E-state index contributed by atoms with van der Waals surface area (Å²) in [5.41, 5.74) is 5.53. The lowest BCUT2D eigenvalue weighted by molar-refractivity contribution is -0.141. The molecular formula is C12H19N3O2. The van der Waals surface area contributed by atoms with Crippen molar-refractivity contribution in [3.63, 3.8) is 0 Å². The second-order valence-electron chi connectivity index (χ2n) is 4.34. The minimum absolute atomic E-state index is 0.0812. The first-order chi connectivity index (χ1) is 8.22. The predicted octanol–water partition coefficient (Wildman–Crippen LogP) is 0.271. The summed E-state index contributed by atoms with van der Waals surface area (Å²) in [7, 11) is 0. The van der Waals surface area contributed by atoms with Crippen LogP contribution < -0.4 is 5.73 Å². The summed E-state index contributed by atoms with van der Waals surface area (Å²) in [5.74, 6) is 0.985. The molecule has 0 saturated carbocycles. The van der Waals surface area contributed by atoms with E-state index >= 15 is 0 Å². The molecule has 1 unspecified atom stereocenters. The fourth-order valence-electron chi connectivity index (χ4n) is 2.19. The van der Waals surface area contributed by atoms with Crippen LogP contribution in [0.15, 0.2) is 22.8 Å². The second kappa shape index (κ2) is 5.33. The van der Waals surface area contributed by atoms with Crippen molar-refractivity contribution in [3.05, 3.63) is 24.2 Å². The van der Waals surface area contributed by atoms with Crippen molar-refractivity contribution in [3.8, 4) is 0 Å². The molecule has 2 N–H and O–H groups in total. The van der Waals surface area contributed by atoms with Gasteiger partial charge in [-0.1, -0.05) is 0 Å². The van der Waals surface area contributed by atoms with Crippen LogP contribution in [-0.4, -0.2) is 47.9 Å². The number of carbonyl (C=O) groups excluding carboxylic acids is 1. The zero-order valence-corrected chi connectivity index (χ0v) is 10.1. The highest BCUT2D eigenvalue weighted by Crippen LogP contribution is 2.14. The first kappa shape index (κ1) is 12.1. The van der Waals surface area contributed by atoms with Crippen LogP contribution in [0.5, 0.6) is 0 Å². The van der Waals surface area contributed by atoms with Crippen molar-refractivity contribution >= 4 is 5.91 Å². The van der Waals surface area contributed by atoms with E-state index in [0.29, 0.717) is 13.1 Å². The van der Waals surface area contributed by atoms with Crippen molar-refractivity contribution < 1.29 is 9.21 Å². The first-order valence-corrected chi connectivity index (χ1v) is 5.97. The fraction of sp³-hybridized carbons (Fsp3) is 0.583. The summed E-state index contributed by atoms with van der Waals surface area (Å²) in [5, 5.41) is 0. The number of nitrogens with two attached hydrogens (primary N) is 1. The van der Waals surface area contributed by atoms with Crippen molar-refractivity contribution in [2.24, 2.45) is 5.73 Å². The molecule has 0 aliphatic carbocycles. The Morgan fingerprint density at radius 3 is 3.00 bits per heavy atom. The third-order valence-electron chi connectivity index (χ3n) is 3.22. The smallest absolute Gasteiger partial charge is 0.240 e.